The summed E-state index contributed by atoms with van der Waals surface area (Å²) in [5.41, 5.74) is 0.842. The first-order valence-corrected chi connectivity index (χ1v) is 9.67. The second-order valence-electron chi connectivity index (χ2n) is 8.45. The van der Waals surface area contributed by atoms with Gasteiger partial charge >= 0.3 is 6.03 Å². The summed E-state index contributed by atoms with van der Waals surface area (Å²) in [6.07, 6.45) is 1.93. The van der Waals surface area contributed by atoms with Crippen molar-refractivity contribution in [2.24, 2.45) is 0 Å². The molecule has 1 fully saturated rings. The Morgan fingerprint density at radius 2 is 1.82 bits per heavy atom. The molecule has 0 bridgehead atoms. The normalized spacial score (nSPS) is 20.0. The number of imide groups is 1. The summed E-state index contributed by atoms with van der Waals surface area (Å²) in [5, 5.41) is 14.5. The van der Waals surface area contributed by atoms with Crippen molar-refractivity contribution in [3.05, 3.63) is 41.2 Å². The second kappa shape index (κ2) is 7.33. The minimum absolute atomic E-state index is 0.0178. The van der Waals surface area contributed by atoms with Crippen LogP contribution >= 0.6 is 0 Å². The molecule has 28 heavy (non-hydrogen) atoms. The van der Waals surface area contributed by atoms with Gasteiger partial charge in [0.2, 0.25) is 0 Å². The lowest BCUT2D eigenvalue weighted by molar-refractivity contribution is -0.131. The van der Waals surface area contributed by atoms with Gasteiger partial charge in [0.1, 0.15) is 5.54 Å². The van der Waals surface area contributed by atoms with E-state index in [2.05, 4.69) is 48.5 Å². The van der Waals surface area contributed by atoms with E-state index in [1.54, 1.807) is 11.6 Å². The van der Waals surface area contributed by atoms with Crippen molar-refractivity contribution in [1.29, 1.82) is 0 Å². The molecule has 8 heteroatoms. The van der Waals surface area contributed by atoms with E-state index in [9.17, 15) is 9.59 Å². The number of rotatable bonds is 6. The number of unbranched alkanes of at least 4 members (excludes halogenated alkanes) is 1. The fourth-order valence-corrected chi connectivity index (χ4v) is 3.30. The van der Waals surface area contributed by atoms with Gasteiger partial charge in [-0.2, -0.15) is 0 Å². The van der Waals surface area contributed by atoms with Gasteiger partial charge in [0.25, 0.3) is 5.91 Å². The molecule has 3 rings (SSSR count). The minimum Gasteiger partial charge on any atom is -0.319 e. The minimum atomic E-state index is -1.10. The Labute approximate surface area is 165 Å². The molecule has 2 heterocycles. The average Bonchev–Trinajstić information content (AvgIpc) is 3.18. The zero-order valence-corrected chi connectivity index (χ0v) is 17.2. The number of benzene rings is 1. The van der Waals surface area contributed by atoms with Crippen LogP contribution in [-0.4, -0.2) is 37.0 Å². The Kier molecular flexibility index (Phi) is 5.23. The van der Waals surface area contributed by atoms with E-state index in [0.717, 1.165) is 18.4 Å². The molecule has 1 aliphatic rings. The monoisotopic (exact) mass is 384 g/mol. The number of hydrogen-bond donors (Lipinski definition) is 1. The largest absolute Gasteiger partial charge is 0.325 e. The molecule has 150 valence electrons. The van der Waals surface area contributed by atoms with Crippen LogP contribution < -0.4 is 5.32 Å². The molecular formula is C20H28N6O2. The first kappa shape index (κ1) is 20.0. The maximum Gasteiger partial charge on any atom is 0.325 e. The Balaban J connectivity index is 1.82. The first-order valence-electron chi connectivity index (χ1n) is 9.67. The van der Waals surface area contributed by atoms with Crippen molar-refractivity contribution in [1.82, 2.24) is 30.4 Å². The lowest BCUT2D eigenvalue weighted by Crippen LogP contribution is -2.41. The third-order valence-electron chi connectivity index (χ3n) is 5.23. The van der Waals surface area contributed by atoms with Crippen LogP contribution in [0.4, 0.5) is 4.79 Å². The van der Waals surface area contributed by atoms with Crippen molar-refractivity contribution < 1.29 is 9.59 Å². The van der Waals surface area contributed by atoms with E-state index in [1.807, 2.05) is 24.3 Å². The van der Waals surface area contributed by atoms with Crippen molar-refractivity contribution in [3.63, 3.8) is 0 Å². The third-order valence-corrected chi connectivity index (χ3v) is 5.23. The number of amides is 3. The number of tetrazole rings is 1. The van der Waals surface area contributed by atoms with Gasteiger partial charge < -0.3 is 5.32 Å². The van der Waals surface area contributed by atoms with Crippen LogP contribution in [0.5, 0.6) is 0 Å². The zero-order chi connectivity index (χ0) is 20.5. The lowest BCUT2D eigenvalue weighted by atomic mass is 9.84. The van der Waals surface area contributed by atoms with Crippen LogP contribution in [0.3, 0.4) is 0 Å². The van der Waals surface area contributed by atoms with E-state index in [0.29, 0.717) is 12.4 Å². The number of urea groups is 1. The summed E-state index contributed by atoms with van der Waals surface area (Å²) in [7, 11) is 0. The molecule has 1 N–H and O–H groups in total. The topological polar surface area (TPSA) is 93.0 Å². The Morgan fingerprint density at radius 3 is 2.43 bits per heavy atom. The number of nitrogens with zero attached hydrogens (tertiary/aromatic N) is 5. The molecule has 0 radical (unpaired) electrons. The van der Waals surface area contributed by atoms with Gasteiger partial charge in [-0.25, -0.2) is 9.48 Å². The zero-order valence-electron chi connectivity index (χ0n) is 17.2. The number of carbonyl (C=O) groups is 2. The Morgan fingerprint density at radius 1 is 1.14 bits per heavy atom. The number of hydrogen-bond acceptors (Lipinski definition) is 5. The highest BCUT2D eigenvalue weighted by atomic mass is 16.2. The van der Waals surface area contributed by atoms with Gasteiger partial charge in [0, 0.05) is 6.54 Å². The summed E-state index contributed by atoms with van der Waals surface area (Å²) < 4.78 is 1.65. The van der Waals surface area contributed by atoms with Crippen molar-refractivity contribution in [3.8, 4) is 0 Å². The maximum atomic E-state index is 13.1. The molecule has 1 saturated heterocycles. The summed E-state index contributed by atoms with van der Waals surface area (Å²) in [6, 6.07) is 7.40. The highest BCUT2D eigenvalue weighted by Crippen LogP contribution is 2.31. The van der Waals surface area contributed by atoms with Crippen molar-refractivity contribution >= 4 is 11.9 Å². The molecule has 1 aliphatic heterocycles. The van der Waals surface area contributed by atoms with Crippen LogP contribution in [-0.2, 0) is 28.8 Å². The number of aromatic nitrogens is 4. The average molecular weight is 384 g/mol. The van der Waals surface area contributed by atoms with Crippen LogP contribution in [0.1, 0.15) is 64.4 Å². The van der Waals surface area contributed by atoms with Gasteiger partial charge in [0.05, 0.1) is 6.54 Å². The van der Waals surface area contributed by atoms with Crippen LogP contribution in [0.2, 0.25) is 0 Å². The van der Waals surface area contributed by atoms with Crippen LogP contribution in [0.15, 0.2) is 24.3 Å². The predicted octanol–water partition coefficient (Wildman–Crippen LogP) is 2.74. The van der Waals surface area contributed by atoms with E-state index < -0.39 is 11.6 Å². The van der Waals surface area contributed by atoms with Crippen molar-refractivity contribution in [2.45, 2.75) is 71.5 Å². The standard InChI is InChI=1S/C20H28N6O2/c1-6-7-12-26-16(22-23-24-26)13-25-17(27)20(5,21-18(25)28)15-10-8-14(9-11-15)19(2,3)4/h8-11H,6-7,12-13H2,1-5H3,(H,21,28). The lowest BCUT2D eigenvalue weighted by Gasteiger charge is -2.24. The fraction of sp³-hybridized carbons (Fsp3) is 0.550. The Hall–Kier alpha value is -2.77. The maximum absolute atomic E-state index is 13.1. The molecule has 0 spiro atoms. The molecule has 2 aromatic rings. The van der Waals surface area contributed by atoms with Gasteiger partial charge in [-0.1, -0.05) is 58.4 Å². The number of aryl methyl sites for hydroxylation is 1. The quantitative estimate of drug-likeness (QED) is 0.773. The van der Waals surface area contributed by atoms with Gasteiger partial charge in [-0.05, 0) is 40.3 Å². The molecular weight excluding hydrogens is 356 g/mol. The Bertz CT molecular complexity index is 868. The molecule has 3 amide bonds. The fourth-order valence-electron chi connectivity index (χ4n) is 3.30. The van der Waals surface area contributed by atoms with E-state index in [1.165, 1.54) is 10.5 Å². The van der Waals surface area contributed by atoms with E-state index >= 15 is 0 Å². The van der Waals surface area contributed by atoms with Crippen molar-refractivity contribution in [2.75, 3.05) is 0 Å². The summed E-state index contributed by atoms with van der Waals surface area (Å²) in [6.45, 7) is 10.9. The molecule has 0 saturated carbocycles. The first-order chi connectivity index (χ1) is 13.2. The molecule has 1 aromatic heterocycles. The summed E-state index contributed by atoms with van der Waals surface area (Å²) in [5.74, 6) is 0.204. The smallest absolute Gasteiger partial charge is 0.319 e. The van der Waals surface area contributed by atoms with Gasteiger partial charge in [-0.3, -0.25) is 9.69 Å². The molecule has 1 aromatic carbocycles. The summed E-state index contributed by atoms with van der Waals surface area (Å²) >= 11 is 0. The van der Waals surface area contributed by atoms with Crippen LogP contribution in [0, 0.1) is 0 Å². The second-order valence-corrected chi connectivity index (χ2v) is 8.45. The predicted molar refractivity (Wildman–Crippen MR) is 104 cm³/mol. The SMILES string of the molecule is CCCCn1nnnc1CN1C(=O)NC(C)(c2ccc(C(C)(C)C)cc2)C1=O. The molecule has 1 unspecified atom stereocenters. The molecule has 1 atom stereocenters. The van der Waals surface area contributed by atoms with Gasteiger partial charge in [-0.15, -0.1) is 5.10 Å². The number of nitrogens with one attached hydrogen (secondary N) is 1. The highest BCUT2D eigenvalue weighted by Gasteiger charge is 2.49. The molecule has 8 nitrogen and oxygen atoms in total. The summed E-state index contributed by atoms with van der Waals surface area (Å²) in [4.78, 5) is 26.9. The molecule has 0 aliphatic carbocycles. The van der Waals surface area contributed by atoms with E-state index in [-0.39, 0.29) is 17.9 Å². The van der Waals surface area contributed by atoms with Gasteiger partial charge in [0.15, 0.2) is 5.82 Å². The third kappa shape index (κ3) is 3.63. The van der Waals surface area contributed by atoms with Crippen LogP contribution in [0.25, 0.3) is 0 Å². The van der Waals surface area contributed by atoms with E-state index in [4.69, 9.17) is 0 Å². The highest BCUT2D eigenvalue weighted by molar-refractivity contribution is 6.07. The number of carbonyl (C=O) groups excluding carboxylic acids is 2.